The molecule has 0 amide bonds. The predicted molar refractivity (Wildman–Crippen MR) is 80.6 cm³/mol. The number of carbonyl (C=O) groups is 1. The first-order chi connectivity index (χ1) is 9.35. The van der Waals surface area contributed by atoms with Gasteiger partial charge in [-0.15, -0.1) is 0 Å². The normalized spacial score (nSPS) is 11.6. The van der Waals surface area contributed by atoms with Crippen LogP contribution in [0.3, 0.4) is 0 Å². The van der Waals surface area contributed by atoms with Crippen LogP contribution >= 0.6 is 15.9 Å². The molecule has 1 aromatic rings. The molecule has 0 spiro atoms. The van der Waals surface area contributed by atoms with Crippen molar-refractivity contribution in [3.05, 3.63) is 34.3 Å². The van der Waals surface area contributed by atoms with E-state index in [-0.39, 0.29) is 18.6 Å². The highest BCUT2D eigenvalue weighted by atomic mass is 79.9. The number of nitrogens with zero attached hydrogens (tertiary/aromatic N) is 1. The van der Waals surface area contributed by atoms with Crippen LogP contribution in [0.2, 0.25) is 0 Å². The first kappa shape index (κ1) is 17.1. The Bertz CT molecular complexity index is 559. The maximum Gasteiger partial charge on any atom is 0.305 e. The Hall–Kier alpha value is -0.920. The molecule has 1 rings (SSSR count). The Labute approximate surface area is 128 Å². The molecule has 0 atom stereocenters. The van der Waals surface area contributed by atoms with Crippen molar-refractivity contribution in [1.29, 1.82) is 0 Å². The summed E-state index contributed by atoms with van der Waals surface area (Å²) in [6, 6.07) is 7.48. The number of methoxy groups -OCH3 is 1. The fourth-order valence-corrected chi connectivity index (χ4v) is 3.26. The number of rotatable bonds is 7. The van der Waals surface area contributed by atoms with E-state index in [4.69, 9.17) is 0 Å². The van der Waals surface area contributed by atoms with Gasteiger partial charge in [-0.3, -0.25) is 4.79 Å². The number of carbonyl (C=O) groups excluding carboxylic acids is 1. The summed E-state index contributed by atoms with van der Waals surface area (Å²) < 4.78 is 30.8. The Morgan fingerprint density at radius 3 is 2.70 bits per heavy atom. The van der Waals surface area contributed by atoms with Crippen LogP contribution in [0.1, 0.15) is 18.4 Å². The minimum absolute atomic E-state index is 0.0629. The van der Waals surface area contributed by atoms with Gasteiger partial charge in [0.15, 0.2) is 0 Å². The fraction of sp³-hybridized carbons (Fsp3) is 0.462. The highest BCUT2D eigenvalue weighted by molar-refractivity contribution is 9.10. The van der Waals surface area contributed by atoms with Gasteiger partial charge in [0.05, 0.1) is 12.9 Å². The van der Waals surface area contributed by atoms with Gasteiger partial charge in [-0.25, -0.2) is 12.7 Å². The molecule has 0 heterocycles. The van der Waals surface area contributed by atoms with E-state index in [0.717, 1.165) is 10.0 Å². The summed E-state index contributed by atoms with van der Waals surface area (Å²) in [4.78, 5) is 11.0. The maximum absolute atomic E-state index is 12.1. The van der Waals surface area contributed by atoms with Crippen LogP contribution in [0.15, 0.2) is 28.7 Å². The van der Waals surface area contributed by atoms with Crippen molar-refractivity contribution in [2.24, 2.45) is 0 Å². The molecule has 0 radical (unpaired) electrons. The van der Waals surface area contributed by atoms with Crippen molar-refractivity contribution in [3.63, 3.8) is 0 Å². The Morgan fingerprint density at radius 1 is 1.40 bits per heavy atom. The maximum atomic E-state index is 12.1. The predicted octanol–water partition coefficient (Wildman–Crippen LogP) is 2.16. The van der Waals surface area contributed by atoms with Crippen LogP contribution < -0.4 is 0 Å². The van der Waals surface area contributed by atoms with Gasteiger partial charge >= 0.3 is 5.97 Å². The third-order valence-corrected chi connectivity index (χ3v) is 5.16. The largest absolute Gasteiger partial charge is 0.469 e. The molecule has 0 N–H and O–H groups in total. The van der Waals surface area contributed by atoms with E-state index in [0.29, 0.717) is 6.54 Å². The van der Waals surface area contributed by atoms with Crippen LogP contribution in [0, 0.1) is 0 Å². The van der Waals surface area contributed by atoms with Crippen LogP contribution in [0.25, 0.3) is 0 Å². The molecular formula is C13H18BrNO4S. The topological polar surface area (TPSA) is 63.7 Å². The lowest BCUT2D eigenvalue weighted by molar-refractivity contribution is -0.140. The van der Waals surface area contributed by atoms with Gasteiger partial charge in [0.25, 0.3) is 0 Å². The molecule has 0 saturated heterocycles. The lowest BCUT2D eigenvalue weighted by Crippen LogP contribution is -2.29. The molecule has 1 aromatic carbocycles. The lowest BCUT2D eigenvalue weighted by Gasteiger charge is -2.17. The molecule has 0 saturated carbocycles. The van der Waals surface area contributed by atoms with Crippen LogP contribution in [-0.2, 0) is 26.1 Å². The number of sulfonamides is 1. The van der Waals surface area contributed by atoms with Gasteiger partial charge in [-0.2, -0.15) is 0 Å². The molecule has 112 valence electrons. The summed E-state index contributed by atoms with van der Waals surface area (Å²) in [5.41, 5.74) is 0.901. The summed E-state index contributed by atoms with van der Waals surface area (Å²) in [6.07, 6.45) is 0.373. The number of hydrogen-bond donors (Lipinski definition) is 0. The molecule has 0 aromatic heterocycles. The standard InChI is InChI=1S/C13H18BrNO4S/c1-15(10-11-5-3-6-12(14)9-11)20(17,18)8-4-7-13(16)19-2/h3,5-6,9H,4,7-8,10H2,1-2H3. The van der Waals surface area contributed by atoms with E-state index in [9.17, 15) is 13.2 Å². The second-order valence-electron chi connectivity index (χ2n) is 4.38. The first-order valence-electron chi connectivity index (χ1n) is 6.10. The van der Waals surface area contributed by atoms with Gasteiger partial charge in [0, 0.05) is 24.5 Å². The van der Waals surface area contributed by atoms with Crippen LogP contribution in [-0.4, -0.2) is 38.6 Å². The Morgan fingerprint density at radius 2 is 2.10 bits per heavy atom. The number of benzene rings is 1. The number of ether oxygens (including phenoxy) is 1. The van der Waals surface area contributed by atoms with E-state index in [1.54, 1.807) is 0 Å². The van der Waals surface area contributed by atoms with Gasteiger partial charge < -0.3 is 4.74 Å². The zero-order valence-electron chi connectivity index (χ0n) is 11.5. The van der Waals surface area contributed by atoms with Gasteiger partial charge in [-0.1, -0.05) is 28.1 Å². The fourth-order valence-electron chi connectivity index (χ4n) is 1.65. The van der Waals surface area contributed by atoms with E-state index in [1.165, 1.54) is 18.5 Å². The van der Waals surface area contributed by atoms with E-state index in [2.05, 4.69) is 20.7 Å². The third kappa shape index (κ3) is 5.60. The zero-order valence-corrected chi connectivity index (χ0v) is 13.9. The second-order valence-corrected chi connectivity index (χ2v) is 7.49. The average molecular weight is 364 g/mol. The SMILES string of the molecule is COC(=O)CCCS(=O)(=O)N(C)Cc1cccc(Br)c1. The molecular weight excluding hydrogens is 346 g/mol. The number of hydrogen-bond acceptors (Lipinski definition) is 4. The molecule has 7 heteroatoms. The highest BCUT2D eigenvalue weighted by Crippen LogP contribution is 2.15. The third-order valence-electron chi connectivity index (χ3n) is 2.78. The van der Waals surface area contributed by atoms with Crippen LogP contribution in [0.4, 0.5) is 0 Å². The van der Waals surface area contributed by atoms with E-state index >= 15 is 0 Å². The van der Waals surface area contributed by atoms with Crippen molar-refractivity contribution >= 4 is 31.9 Å². The minimum Gasteiger partial charge on any atom is -0.469 e. The Kier molecular flexibility index (Phi) is 6.64. The summed E-state index contributed by atoms with van der Waals surface area (Å²) in [5, 5.41) is 0. The van der Waals surface area contributed by atoms with Crippen molar-refractivity contribution in [1.82, 2.24) is 4.31 Å². The lowest BCUT2D eigenvalue weighted by atomic mass is 10.2. The van der Waals surface area contributed by atoms with Gasteiger partial charge in [0.1, 0.15) is 0 Å². The summed E-state index contributed by atoms with van der Waals surface area (Å²) in [7, 11) is -0.541. The molecule has 0 aliphatic carbocycles. The summed E-state index contributed by atoms with van der Waals surface area (Å²) in [5.74, 6) is -0.457. The van der Waals surface area contributed by atoms with Crippen LogP contribution in [0.5, 0.6) is 0 Å². The summed E-state index contributed by atoms with van der Waals surface area (Å²) >= 11 is 3.35. The molecule has 20 heavy (non-hydrogen) atoms. The Balaban J connectivity index is 2.56. The minimum atomic E-state index is -3.36. The number of halogens is 1. The second kappa shape index (κ2) is 7.75. The summed E-state index contributed by atoms with van der Waals surface area (Å²) in [6.45, 7) is 0.306. The molecule has 0 aliphatic heterocycles. The highest BCUT2D eigenvalue weighted by Gasteiger charge is 2.18. The smallest absolute Gasteiger partial charge is 0.305 e. The van der Waals surface area contributed by atoms with Crippen molar-refractivity contribution in [2.45, 2.75) is 19.4 Å². The quantitative estimate of drug-likeness (QED) is 0.696. The zero-order chi connectivity index (χ0) is 15.2. The molecule has 0 aliphatic rings. The average Bonchev–Trinajstić information content (AvgIpc) is 2.38. The number of esters is 1. The van der Waals surface area contributed by atoms with E-state index in [1.807, 2.05) is 24.3 Å². The first-order valence-corrected chi connectivity index (χ1v) is 8.50. The van der Waals surface area contributed by atoms with Gasteiger partial charge in [-0.05, 0) is 24.1 Å². The van der Waals surface area contributed by atoms with Crippen molar-refractivity contribution in [3.8, 4) is 0 Å². The monoisotopic (exact) mass is 363 g/mol. The van der Waals surface area contributed by atoms with E-state index < -0.39 is 16.0 Å². The molecule has 5 nitrogen and oxygen atoms in total. The van der Waals surface area contributed by atoms with Crippen molar-refractivity contribution in [2.75, 3.05) is 19.9 Å². The van der Waals surface area contributed by atoms with Crippen molar-refractivity contribution < 1.29 is 17.9 Å². The molecule has 0 unspecified atom stereocenters. The molecule has 0 fully saturated rings. The van der Waals surface area contributed by atoms with Gasteiger partial charge in [0.2, 0.25) is 10.0 Å². The molecule has 0 bridgehead atoms.